The van der Waals surface area contributed by atoms with Gasteiger partial charge < -0.3 is 10.2 Å². The molecule has 2 aromatic rings. The van der Waals surface area contributed by atoms with E-state index in [1.165, 1.54) is 29.5 Å². The zero-order valence-electron chi connectivity index (χ0n) is 16.8. The molecule has 2 saturated heterocycles. The summed E-state index contributed by atoms with van der Waals surface area (Å²) in [4.78, 5) is 11.2. The quantitative estimate of drug-likeness (QED) is 0.769. The molecule has 4 rings (SSSR count). The standard InChI is InChI=1S/C24H30N4/c1-3-27-23-7-6-21(5-4-20-8-12-25-13-9-20)16-22(23)19(2)28-17-24(18-28)10-14-26-15-11-24/h3,6-9,12-13,16,26H,2,4-5,10-11,14-15,17-18H2,1H3/b27-3-. The van der Waals surface area contributed by atoms with Crippen LogP contribution in [-0.2, 0) is 12.8 Å². The van der Waals surface area contributed by atoms with Crippen molar-refractivity contribution in [3.63, 3.8) is 0 Å². The van der Waals surface area contributed by atoms with Crippen LogP contribution in [0.4, 0.5) is 5.69 Å². The van der Waals surface area contributed by atoms with Gasteiger partial charge in [-0.15, -0.1) is 0 Å². The number of likely N-dealkylation sites (tertiary alicyclic amines) is 1. The van der Waals surface area contributed by atoms with Crippen LogP contribution in [0, 0.1) is 5.41 Å². The maximum Gasteiger partial charge on any atom is 0.0718 e. The van der Waals surface area contributed by atoms with Gasteiger partial charge in [0, 0.05) is 48.4 Å². The molecule has 4 nitrogen and oxygen atoms in total. The van der Waals surface area contributed by atoms with Crippen LogP contribution < -0.4 is 5.32 Å². The van der Waals surface area contributed by atoms with E-state index in [0.29, 0.717) is 5.41 Å². The van der Waals surface area contributed by atoms with Gasteiger partial charge in [-0.1, -0.05) is 12.6 Å². The van der Waals surface area contributed by atoms with Gasteiger partial charge in [-0.05, 0) is 81.1 Å². The summed E-state index contributed by atoms with van der Waals surface area (Å²) in [5.74, 6) is 0. The van der Waals surface area contributed by atoms with E-state index in [-0.39, 0.29) is 0 Å². The van der Waals surface area contributed by atoms with Gasteiger partial charge in [0.15, 0.2) is 0 Å². The van der Waals surface area contributed by atoms with Crippen molar-refractivity contribution in [3.05, 3.63) is 66.0 Å². The molecule has 0 unspecified atom stereocenters. The van der Waals surface area contributed by atoms with Crippen LogP contribution in [0.3, 0.4) is 0 Å². The fourth-order valence-corrected chi connectivity index (χ4v) is 4.46. The number of aliphatic imine (C=N–C) groups is 1. The fourth-order valence-electron chi connectivity index (χ4n) is 4.46. The van der Waals surface area contributed by atoms with E-state index in [9.17, 15) is 0 Å². The second kappa shape index (κ2) is 8.27. The van der Waals surface area contributed by atoms with E-state index < -0.39 is 0 Å². The van der Waals surface area contributed by atoms with Gasteiger partial charge in [-0.3, -0.25) is 9.98 Å². The van der Waals surface area contributed by atoms with Crippen molar-refractivity contribution in [2.24, 2.45) is 10.4 Å². The summed E-state index contributed by atoms with van der Waals surface area (Å²) in [6.45, 7) is 11.0. The van der Waals surface area contributed by atoms with E-state index >= 15 is 0 Å². The molecule has 0 saturated carbocycles. The molecule has 28 heavy (non-hydrogen) atoms. The number of hydrogen-bond acceptors (Lipinski definition) is 4. The second-order valence-corrected chi connectivity index (χ2v) is 8.15. The van der Waals surface area contributed by atoms with Crippen molar-refractivity contribution in [1.82, 2.24) is 15.2 Å². The average Bonchev–Trinajstić information content (AvgIpc) is 2.72. The van der Waals surface area contributed by atoms with Crippen molar-refractivity contribution < 1.29 is 0 Å². The van der Waals surface area contributed by atoms with Crippen LogP contribution in [-0.4, -0.2) is 42.3 Å². The number of hydrogen-bond donors (Lipinski definition) is 1. The van der Waals surface area contributed by atoms with Gasteiger partial charge in [-0.25, -0.2) is 0 Å². The summed E-state index contributed by atoms with van der Waals surface area (Å²) >= 11 is 0. The molecule has 0 aliphatic carbocycles. The van der Waals surface area contributed by atoms with Crippen molar-refractivity contribution in [2.45, 2.75) is 32.6 Å². The number of nitrogens with one attached hydrogen (secondary N) is 1. The average molecular weight is 375 g/mol. The van der Waals surface area contributed by atoms with Crippen LogP contribution in [0.15, 0.2) is 54.3 Å². The van der Waals surface area contributed by atoms with Crippen molar-refractivity contribution >= 4 is 17.6 Å². The third kappa shape index (κ3) is 4.02. The third-order valence-corrected chi connectivity index (χ3v) is 6.19. The Bertz CT molecular complexity index is 842. The normalized spacial score (nSPS) is 18.4. The van der Waals surface area contributed by atoms with Crippen LogP contribution in [0.25, 0.3) is 5.70 Å². The van der Waals surface area contributed by atoms with Gasteiger partial charge in [0.1, 0.15) is 0 Å². The van der Waals surface area contributed by atoms with Gasteiger partial charge in [0.25, 0.3) is 0 Å². The highest BCUT2D eigenvalue weighted by atomic mass is 15.2. The number of rotatable bonds is 6. The second-order valence-electron chi connectivity index (χ2n) is 8.15. The molecule has 1 aromatic heterocycles. The SMILES string of the molecule is C=C(c1cc(CCc2ccncc2)ccc1/N=C\C)N1CC2(CCNCC2)C1. The van der Waals surface area contributed by atoms with Crippen LogP contribution in [0.1, 0.15) is 36.5 Å². The molecule has 1 aromatic carbocycles. The lowest BCUT2D eigenvalue weighted by Crippen LogP contribution is -2.58. The molecule has 3 heterocycles. The summed E-state index contributed by atoms with van der Waals surface area (Å²) in [6.07, 6.45) is 10.2. The first kappa shape index (κ1) is 18.9. The Labute approximate surface area is 168 Å². The van der Waals surface area contributed by atoms with E-state index in [2.05, 4.69) is 57.1 Å². The topological polar surface area (TPSA) is 40.5 Å². The number of piperidine rings is 1. The van der Waals surface area contributed by atoms with Crippen molar-refractivity contribution in [2.75, 3.05) is 26.2 Å². The minimum absolute atomic E-state index is 0.501. The van der Waals surface area contributed by atoms with Gasteiger partial charge in [0.05, 0.1) is 5.69 Å². The molecule has 1 spiro atoms. The van der Waals surface area contributed by atoms with Gasteiger partial charge in [-0.2, -0.15) is 0 Å². The molecule has 2 aliphatic rings. The third-order valence-electron chi connectivity index (χ3n) is 6.19. The monoisotopic (exact) mass is 374 g/mol. The highest BCUT2D eigenvalue weighted by molar-refractivity contribution is 5.76. The highest BCUT2D eigenvalue weighted by Crippen LogP contribution is 2.43. The molecule has 0 atom stereocenters. The predicted octanol–water partition coefficient (Wildman–Crippen LogP) is 4.25. The first-order chi connectivity index (χ1) is 13.7. The predicted molar refractivity (Wildman–Crippen MR) is 117 cm³/mol. The Kier molecular flexibility index (Phi) is 5.58. The molecule has 0 radical (unpaired) electrons. The Morgan fingerprint density at radius 1 is 1.14 bits per heavy atom. The van der Waals surface area contributed by atoms with Crippen LogP contribution >= 0.6 is 0 Å². The molecular weight excluding hydrogens is 344 g/mol. The number of benzene rings is 1. The molecule has 146 valence electrons. The number of nitrogens with zero attached hydrogens (tertiary/aromatic N) is 3. The number of aryl methyl sites for hydroxylation is 2. The summed E-state index contributed by atoms with van der Waals surface area (Å²) in [7, 11) is 0. The summed E-state index contributed by atoms with van der Waals surface area (Å²) in [6, 6.07) is 10.8. The molecule has 0 amide bonds. The maximum absolute atomic E-state index is 4.60. The van der Waals surface area contributed by atoms with E-state index in [4.69, 9.17) is 0 Å². The Morgan fingerprint density at radius 3 is 2.57 bits per heavy atom. The number of pyridine rings is 1. The summed E-state index contributed by atoms with van der Waals surface area (Å²) < 4.78 is 0. The number of aromatic nitrogens is 1. The molecule has 4 heteroatoms. The lowest BCUT2D eigenvalue weighted by molar-refractivity contribution is 0.0201. The zero-order chi connectivity index (χ0) is 19.4. The lowest BCUT2D eigenvalue weighted by atomic mass is 9.72. The first-order valence-electron chi connectivity index (χ1n) is 10.3. The summed E-state index contributed by atoms with van der Waals surface area (Å²) in [5, 5.41) is 3.48. The molecular formula is C24H30N4. The lowest BCUT2D eigenvalue weighted by Gasteiger charge is -2.54. The maximum atomic E-state index is 4.60. The molecule has 0 bridgehead atoms. The minimum atomic E-state index is 0.501. The fraction of sp³-hybridized carbons (Fsp3) is 0.417. The van der Waals surface area contributed by atoms with E-state index in [1.807, 2.05) is 25.5 Å². The highest BCUT2D eigenvalue weighted by Gasteiger charge is 2.44. The smallest absolute Gasteiger partial charge is 0.0718 e. The first-order valence-corrected chi connectivity index (χ1v) is 10.3. The van der Waals surface area contributed by atoms with Crippen molar-refractivity contribution in [1.29, 1.82) is 0 Å². The Balaban J connectivity index is 1.48. The Morgan fingerprint density at radius 2 is 1.86 bits per heavy atom. The van der Waals surface area contributed by atoms with Crippen molar-refractivity contribution in [3.8, 4) is 0 Å². The minimum Gasteiger partial charge on any atom is -0.370 e. The molecule has 1 N–H and O–H groups in total. The summed E-state index contributed by atoms with van der Waals surface area (Å²) in [5.41, 5.74) is 6.47. The van der Waals surface area contributed by atoms with Crippen LogP contribution in [0.5, 0.6) is 0 Å². The zero-order valence-corrected chi connectivity index (χ0v) is 16.8. The molecule has 2 aliphatic heterocycles. The largest absolute Gasteiger partial charge is 0.370 e. The molecule has 2 fully saturated rings. The van der Waals surface area contributed by atoms with Crippen LogP contribution in [0.2, 0.25) is 0 Å². The van der Waals surface area contributed by atoms with E-state index in [1.54, 1.807) is 0 Å². The van der Waals surface area contributed by atoms with E-state index in [0.717, 1.165) is 50.4 Å². The van der Waals surface area contributed by atoms with Gasteiger partial charge in [0.2, 0.25) is 0 Å². The van der Waals surface area contributed by atoms with Gasteiger partial charge >= 0.3 is 0 Å². The Hall–Kier alpha value is -2.46.